The molecule has 0 aliphatic carbocycles. The molecule has 14 heavy (non-hydrogen) atoms. The van der Waals surface area contributed by atoms with E-state index in [1.165, 1.54) is 0 Å². The first-order chi connectivity index (χ1) is 6.70. The van der Waals surface area contributed by atoms with Gasteiger partial charge in [0, 0.05) is 10.4 Å². The Balaban J connectivity index is 2.81. The number of hydrogen-bond acceptors (Lipinski definition) is 3. The molecule has 4 heteroatoms. The Hall–Kier alpha value is -1.35. The predicted molar refractivity (Wildman–Crippen MR) is 58.3 cm³/mol. The molecule has 1 aromatic carbocycles. The van der Waals surface area contributed by atoms with Crippen molar-refractivity contribution in [1.29, 1.82) is 0 Å². The number of nitrogens with zero attached hydrogens (tertiary/aromatic N) is 2. The van der Waals surface area contributed by atoms with Crippen LogP contribution in [0.1, 0.15) is 12.6 Å². The summed E-state index contributed by atoms with van der Waals surface area (Å²) in [5.41, 5.74) is 7.35. The molecule has 0 spiro atoms. The van der Waals surface area contributed by atoms with Crippen molar-refractivity contribution in [2.24, 2.45) is 0 Å². The highest BCUT2D eigenvalue weighted by atomic mass is 35.5. The zero-order valence-electron chi connectivity index (χ0n) is 7.79. The second kappa shape index (κ2) is 3.42. The van der Waals surface area contributed by atoms with E-state index in [0.29, 0.717) is 11.0 Å². The Kier molecular flexibility index (Phi) is 2.25. The molecule has 0 saturated carbocycles. The summed E-state index contributed by atoms with van der Waals surface area (Å²) < 4.78 is 0. The molecule has 0 radical (unpaired) electrons. The van der Waals surface area contributed by atoms with Gasteiger partial charge in [0.15, 0.2) is 0 Å². The summed E-state index contributed by atoms with van der Waals surface area (Å²) >= 11 is 5.87. The second-order valence-electron chi connectivity index (χ2n) is 3.04. The van der Waals surface area contributed by atoms with Crippen molar-refractivity contribution >= 4 is 28.5 Å². The molecule has 0 aliphatic heterocycles. The third kappa shape index (κ3) is 1.51. The van der Waals surface area contributed by atoms with E-state index < -0.39 is 0 Å². The molecule has 0 fully saturated rings. The molecule has 0 amide bonds. The molecule has 1 aromatic heterocycles. The molecule has 2 rings (SSSR count). The van der Waals surface area contributed by atoms with Crippen molar-refractivity contribution in [3.63, 3.8) is 0 Å². The van der Waals surface area contributed by atoms with Crippen LogP contribution in [0.3, 0.4) is 0 Å². The Morgan fingerprint density at radius 1 is 1.36 bits per heavy atom. The lowest BCUT2D eigenvalue weighted by Crippen LogP contribution is -1.99. The molecule has 2 N–H and O–H groups in total. The first-order valence-electron chi connectivity index (χ1n) is 4.42. The molecular formula is C10H10ClN3. The van der Waals surface area contributed by atoms with Crippen molar-refractivity contribution in [3.8, 4) is 0 Å². The van der Waals surface area contributed by atoms with Crippen LogP contribution in [0.5, 0.6) is 0 Å². The van der Waals surface area contributed by atoms with Crippen LogP contribution in [-0.2, 0) is 6.42 Å². The fraction of sp³-hybridized carbons (Fsp3) is 0.200. The summed E-state index contributed by atoms with van der Waals surface area (Å²) in [7, 11) is 0. The summed E-state index contributed by atoms with van der Waals surface area (Å²) in [6.45, 7) is 2.04. The zero-order valence-corrected chi connectivity index (χ0v) is 8.54. The highest BCUT2D eigenvalue weighted by Crippen LogP contribution is 2.21. The lowest BCUT2D eigenvalue weighted by molar-refractivity contribution is 1.04. The largest absolute Gasteiger partial charge is 0.368 e. The topological polar surface area (TPSA) is 51.8 Å². The first kappa shape index (κ1) is 9.21. The molecule has 2 aromatic rings. The number of aryl methyl sites for hydroxylation is 1. The molecule has 0 unspecified atom stereocenters. The molecular weight excluding hydrogens is 198 g/mol. The third-order valence-corrected chi connectivity index (χ3v) is 2.33. The van der Waals surface area contributed by atoms with Gasteiger partial charge in [0.2, 0.25) is 5.95 Å². The molecule has 1 heterocycles. The molecule has 0 saturated heterocycles. The van der Waals surface area contributed by atoms with Crippen LogP contribution in [0.4, 0.5) is 5.95 Å². The minimum atomic E-state index is 0.302. The lowest BCUT2D eigenvalue weighted by atomic mass is 10.1. The summed E-state index contributed by atoms with van der Waals surface area (Å²) in [4.78, 5) is 8.30. The number of aromatic nitrogens is 2. The van der Waals surface area contributed by atoms with E-state index in [0.717, 1.165) is 23.0 Å². The minimum absolute atomic E-state index is 0.302. The van der Waals surface area contributed by atoms with Gasteiger partial charge in [-0.2, -0.15) is 0 Å². The van der Waals surface area contributed by atoms with E-state index in [9.17, 15) is 0 Å². The van der Waals surface area contributed by atoms with E-state index in [1.807, 2.05) is 19.1 Å². The maximum Gasteiger partial charge on any atom is 0.220 e. The number of benzene rings is 1. The average Bonchev–Trinajstić information content (AvgIpc) is 2.15. The fourth-order valence-electron chi connectivity index (χ4n) is 1.46. The molecule has 0 aliphatic rings. The van der Waals surface area contributed by atoms with Crippen LogP contribution >= 0.6 is 11.6 Å². The van der Waals surface area contributed by atoms with Gasteiger partial charge in [0.25, 0.3) is 0 Å². The maximum atomic E-state index is 5.87. The summed E-state index contributed by atoms with van der Waals surface area (Å²) in [6, 6.07) is 5.56. The van der Waals surface area contributed by atoms with Crippen molar-refractivity contribution in [3.05, 3.63) is 28.9 Å². The number of rotatable bonds is 1. The van der Waals surface area contributed by atoms with Crippen molar-refractivity contribution in [1.82, 2.24) is 9.97 Å². The predicted octanol–water partition coefficient (Wildman–Crippen LogP) is 2.43. The van der Waals surface area contributed by atoms with E-state index in [4.69, 9.17) is 17.3 Å². The van der Waals surface area contributed by atoms with Gasteiger partial charge in [-0.15, -0.1) is 0 Å². The van der Waals surface area contributed by atoms with Crippen molar-refractivity contribution in [2.45, 2.75) is 13.3 Å². The lowest BCUT2D eigenvalue weighted by Gasteiger charge is -2.04. The quantitative estimate of drug-likeness (QED) is 0.782. The minimum Gasteiger partial charge on any atom is -0.368 e. The van der Waals surface area contributed by atoms with Gasteiger partial charge in [-0.3, -0.25) is 0 Å². The van der Waals surface area contributed by atoms with Gasteiger partial charge < -0.3 is 5.73 Å². The summed E-state index contributed by atoms with van der Waals surface area (Å²) in [6.07, 6.45) is 0.838. The number of fused-ring (bicyclic) bond motifs is 1. The number of hydrogen-bond donors (Lipinski definition) is 1. The first-order valence-corrected chi connectivity index (χ1v) is 4.80. The highest BCUT2D eigenvalue weighted by Gasteiger charge is 2.04. The van der Waals surface area contributed by atoms with Gasteiger partial charge in [0.1, 0.15) is 0 Å². The van der Waals surface area contributed by atoms with Crippen LogP contribution in [0, 0.1) is 0 Å². The summed E-state index contributed by atoms with van der Waals surface area (Å²) in [5, 5.41) is 1.68. The number of anilines is 1. The number of nitrogens with two attached hydrogens (primary N) is 1. The smallest absolute Gasteiger partial charge is 0.220 e. The highest BCUT2D eigenvalue weighted by molar-refractivity contribution is 6.31. The standard InChI is InChI=1S/C10H10ClN3/c1-2-8-7-4-3-6(11)5-9(7)14-10(12)13-8/h3-5H,2H2,1H3,(H2,12,13,14). The third-order valence-electron chi connectivity index (χ3n) is 2.09. The second-order valence-corrected chi connectivity index (χ2v) is 3.48. The van der Waals surface area contributed by atoms with Gasteiger partial charge in [-0.05, 0) is 24.6 Å². The Labute approximate surface area is 86.9 Å². The fourth-order valence-corrected chi connectivity index (χ4v) is 1.62. The SMILES string of the molecule is CCc1nc(N)nc2cc(Cl)ccc12. The summed E-state index contributed by atoms with van der Waals surface area (Å²) in [5.74, 6) is 0.302. The van der Waals surface area contributed by atoms with Crippen LogP contribution in [0.25, 0.3) is 10.9 Å². The average molecular weight is 208 g/mol. The Bertz CT molecular complexity index is 477. The molecule has 3 nitrogen and oxygen atoms in total. The van der Waals surface area contributed by atoms with Gasteiger partial charge >= 0.3 is 0 Å². The van der Waals surface area contributed by atoms with Crippen LogP contribution in [-0.4, -0.2) is 9.97 Å². The monoisotopic (exact) mass is 207 g/mol. The van der Waals surface area contributed by atoms with Gasteiger partial charge in [0.05, 0.1) is 11.2 Å². The zero-order chi connectivity index (χ0) is 10.1. The number of halogens is 1. The van der Waals surface area contributed by atoms with Crippen molar-refractivity contribution < 1.29 is 0 Å². The molecule has 0 bridgehead atoms. The van der Waals surface area contributed by atoms with Gasteiger partial charge in [-0.1, -0.05) is 18.5 Å². The van der Waals surface area contributed by atoms with E-state index >= 15 is 0 Å². The Morgan fingerprint density at radius 3 is 2.86 bits per heavy atom. The van der Waals surface area contributed by atoms with E-state index in [-0.39, 0.29) is 0 Å². The maximum absolute atomic E-state index is 5.87. The van der Waals surface area contributed by atoms with E-state index in [2.05, 4.69) is 9.97 Å². The van der Waals surface area contributed by atoms with Crippen molar-refractivity contribution in [2.75, 3.05) is 5.73 Å². The van der Waals surface area contributed by atoms with E-state index in [1.54, 1.807) is 6.07 Å². The number of nitrogen functional groups attached to an aromatic ring is 1. The normalized spacial score (nSPS) is 10.7. The molecule has 0 atom stereocenters. The van der Waals surface area contributed by atoms with Crippen LogP contribution in [0.2, 0.25) is 5.02 Å². The van der Waals surface area contributed by atoms with Crippen LogP contribution in [0.15, 0.2) is 18.2 Å². The van der Waals surface area contributed by atoms with Gasteiger partial charge in [-0.25, -0.2) is 9.97 Å². The Morgan fingerprint density at radius 2 is 2.14 bits per heavy atom. The van der Waals surface area contributed by atoms with Crippen LogP contribution < -0.4 is 5.73 Å². The molecule has 72 valence electrons.